The second kappa shape index (κ2) is 8.84. The molecule has 2 N–H and O–H groups in total. The van der Waals surface area contributed by atoms with Crippen molar-refractivity contribution in [3.8, 4) is 0 Å². The fourth-order valence-electron chi connectivity index (χ4n) is 3.41. The molecule has 0 saturated carbocycles. The van der Waals surface area contributed by atoms with Crippen LogP contribution in [0.5, 0.6) is 0 Å². The molecule has 1 amide bonds. The van der Waals surface area contributed by atoms with E-state index in [0.29, 0.717) is 6.42 Å². The molecule has 2 heterocycles. The number of rotatable bonds is 9. The Hall–Kier alpha value is -2.63. The highest BCUT2D eigenvalue weighted by atomic mass is 16.5. The molecular weight excluding hydrogens is 342 g/mol. The average Bonchev–Trinajstić information content (AvgIpc) is 3.26. The van der Waals surface area contributed by atoms with Gasteiger partial charge in [-0.2, -0.15) is 0 Å². The lowest BCUT2D eigenvalue weighted by atomic mass is 9.94. The van der Waals surface area contributed by atoms with Gasteiger partial charge in [0.15, 0.2) is 11.9 Å². The number of carbonyl (C=O) groups is 2. The molecule has 144 valence electrons. The van der Waals surface area contributed by atoms with E-state index in [-0.39, 0.29) is 30.2 Å². The molecule has 1 aromatic heterocycles. The van der Waals surface area contributed by atoms with Gasteiger partial charge in [0.05, 0.1) is 0 Å². The van der Waals surface area contributed by atoms with Crippen molar-refractivity contribution >= 4 is 28.6 Å². The summed E-state index contributed by atoms with van der Waals surface area (Å²) in [5.74, 6) is -0.287. The first-order valence-electron chi connectivity index (χ1n) is 9.69. The van der Waals surface area contributed by atoms with E-state index in [1.54, 1.807) is 0 Å². The lowest BCUT2D eigenvalue weighted by Gasteiger charge is -2.15. The van der Waals surface area contributed by atoms with E-state index in [2.05, 4.69) is 22.2 Å². The van der Waals surface area contributed by atoms with Crippen molar-refractivity contribution in [3.63, 3.8) is 0 Å². The fourth-order valence-corrected chi connectivity index (χ4v) is 3.41. The van der Waals surface area contributed by atoms with Crippen molar-refractivity contribution < 1.29 is 14.3 Å². The third-order valence-electron chi connectivity index (χ3n) is 5.00. The fraction of sp³-hybridized carbons (Fsp3) is 0.476. The Morgan fingerprint density at radius 1 is 1.26 bits per heavy atom. The van der Waals surface area contributed by atoms with Crippen LogP contribution in [0.3, 0.4) is 0 Å². The Balaban J connectivity index is 1.59. The van der Waals surface area contributed by atoms with Gasteiger partial charge in [-0.05, 0) is 18.1 Å². The Labute approximate surface area is 159 Å². The zero-order chi connectivity index (χ0) is 19.2. The summed E-state index contributed by atoms with van der Waals surface area (Å²) in [6.45, 7) is 4.15. The van der Waals surface area contributed by atoms with Crippen LogP contribution < -0.4 is 5.32 Å². The van der Waals surface area contributed by atoms with Gasteiger partial charge in [-0.3, -0.25) is 14.9 Å². The molecule has 0 radical (unpaired) electrons. The van der Waals surface area contributed by atoms with Gasteiger partial charge in [-0.25, -0.2) is 4.99 Å². The predicted molar refractivity (Wildman–Crippen MR) is 106 cm³/mol. The minimum absolute atomic E-state index is 0.0515. The van der Waals surface area contributed by atoms with E-state index in [9.17, 15) is 9.59 Å². The van der Waals surface area contributed by atoms with Gasteiger partial charge in [0.2, 0.25) is 0 Å². The number of aliphatic imine (C=N–C) groups is 1. The van der Waals surface area contributed by atoms with Gasteiger partial charge in [-0.15, -0.1) is 0 Å². The molecule has 27 heavy (non-hydrogen) atoms. The summed E-state index contributed by atoms with van der Waals surface area (Å²) >= 11 is 0. The van der Waals surface area contributed by atoms with E-state index in [4.69, 9.17) is 4.74 Å². The molecule has 2 aromatic rings. The standard InChI is InChI=1S/C21H27N3O3/c1-3-4-5-6-9-15(25)12-23-21-24-20(26)19(27-21)14(2)17-13-22-18-11-8-7-10-16(17)18/h7-8,10-11,13-14,19,22H,3-6,9,12H2,1-2H3,(H,23,24,26)/t14-,19+/m1/s1. The van der Waals surface area contributed by atoms with E-state index >= 15 is 0 Å². The van der Waals surface area contributed by atoms with Crippen LogP contribution in [0.4, 0.5) is 0 Å². The quantitative estimate of drug-likeness (QED) is 0.661. The van der Waals surface area contributed by atoms with Crippen LogP contribution in [0, 0.1) is 0 Å². The van der Waals surface area contributed by atoms with Gasteiger partial charge in [0.1, 0.15) is 6.54 Å². The highest BCUT2D eigenvalue weighted by Crippen LogP contribution is 2.30. The predicted octanol–water partition coefficient (Wildman–Crippen LogP) is 3.68. The average molecular weight is 369 g/mol. The number of amidine groups is 1. The lowest BCUT2D eigenvalue weighted by molar-refractivity contribution is -0.124. The van der Waals surface area contributed by atoms with Gasteiger partial charge >= 0.3 is 0 Å². The molecule has 0 bridgehead atoms. The topological polar surface area (TPSA) is 83.5 Å². The van der Waals surface area contributed by atoms with Crippen LogP contribution in [0.2, 0.25) is 0 Å². The highest BCUT2D eigenvalue weighted by molar-refractivity contribution is 6.03. The number of Topliss-reactive ketones (excluding diaryl/α,β-unsaturated/α-hetero) is 1. The molecule has 3 rings (SSSR count). The van der Waals surface area contributed by atoms with Crippen molar-refractivity contribution in [1.82, 2.24) is 10.3 Å². The summed E-state index contributed by atoms with van der Waals surface area (Å²) in [6, 6.07) is 8.12. The third-order valence-corrected chi connectivity index (χ3v) is 5.00. The van der Waals surface area contributed by atoms with Gasteiger partial charge < -0.3 is 9.72 Å². The molecule has 0 unspecified atom stereocenters. The number of nitrogens with one attached hydrogen (secondary N) is 2. The number of ketones is 1. The van der Waals surface area contributed by atoms with Crippen molar-refractivity contribution in [2.75, 3.05) is 6.54 Å². The summed E-state index contributed by atoms with van der Waals surface area (Å²) in [6.07, 6.45) is 6.05. The Morgan fingerprint density at radius 2 is 2.07 bits per heavy atom. The number of unbranched alkanes of at least 4 members (excludes halogenated alkanes) is 3. The number of hydrogen-bond acceptors (Lipinski definition) is 4. The van der Waals surface area contributed by atoms with Crippen molar-refractivity contribution in [2.45, 2.75) is 58.0 Å². The van der Waals surface area contributed by atoms with Crippen molar-refractivity contribution in [3.05, 3.63) is 36.0 Å². The third kappa shape index (κ3) is 4.56. The Bertz CT molecular complexity index is 840. The minimum atomic E-state index is -0.650. The number of amides is 1. The Morgan fingerprint density at radius 3 is 2.89 bits per heavy atom. The van der Waals surface area contributed by atoms with Crippen molar-refractivity contribution in [1.29, 1.82) is 0 Å². The molecule has 1 aromatic carbocycles. The van der Waals surface area contributed by atoms with Crippen LogP contribution >= 0.6 is 0 Å². The number of para-hydroxylation sites is 1. The maximum absolute atomic E-state index is 12.3. The number of aromatic nitrogens is 1. The maximum atomic E-state index is 12.3. The molecule has 0 aliphatic carbocycles. The maximum Gasteiger partial charge on any atom is 0.292 e. The van der Waals surface area contributed by atoms with E-state index in [1.807, 2.05) is 37.4 Å². The largest absolute Gasteiger partial charge is 0.451 e. The van der Waals surface area contributed by atoms with E-state index in [1.165, 1.54) is 0 Å². The van der Waals surface area contributed by atoms with Crippen LogP contribution in [-0.2, 0) is 14.3 Å². The van der Waals surface area contributed by atoms with Crippen LogP contribution in [0.1, 0.15) is 57.4 Å². The second-order valence-corrected chi connectivity index (χ2v) is 7.08. The number of hydrogen-bond donors (Lipinski definition) is 2. The number of ether oxygens (including phenoxy) is 1. The molecule has 1 saturated heterocycles. The molecule has 2 atom stereocenters. The number of aromatic amines is 1. The van der Waals surface area contributed by atoms with Crippen LogP contribution in [0.25, 0.3) is 10.9 Å². The summed E-state index contributed by atoms with van der Waals surface area (Å²) < 4.78 is 5.72. The zero-order valence-corrected chi connectivity index (χ0v) is 16.0. The first-order valence-corrected chi connectivity index (χ1v) is 9.69. The lowest BCUT2D eigenvalue weighted by Crippen LogP contribution is -2.28. The monoisotopic (exact) mass is 369 g/mol. The minimum Gasteiger partial charge on any atom is -0.451 e. The SMILES string of the molecule is CCCCCCC(=O)CN=C1NC(=O)[C@H]([C@H](C)c2c[nH]c3ccccc23)O1. The smallest absolute Gasteiger partial charge is 0.292 e. The molecule has 6 heteroatoms. The van der Waals surface area contributed by atoms with Crippen LogP contribution in [0.15, 0.2) is 35.5 Å². The van der Waals surface area contributed by atoms with Gasteiger partial charge in [-0.1, -0.05) is 51.3 Å². The summed E-state index contributed by atoms with van der Waals surface area (Å²) in [5.41, 5.74) is 2.05. The highest BCUT2D eigenvalue weighted by Gasteiger charge is 2.37. The normalized spacial score (nSPS) is 19.3. The van der Waals surface area contributed by atoms with Gasteiger partial charge in [0.25, 0.3) is 11.9 Å². The Kier molecular flexibility index (Phi) is 6.27. The summed E-state index contributed by atoms with van der Waals surface area (Å²) in [5, 5.41) is 3.73. The number of H-pyrrole nitrogens is 1. The summed E-state index contributed by atoms with van der Waals surface area (Å²) in [7, 11) is 0. The first-order chi connectivity index (χ1) is 13.1. The molecule has 0 spiro atoms. The number of carbonyl (C=O) groups excluding carboxylic acids is 2. The van der Waals surface area contributed by atoms with Crippen molar-refractivity contribution in [2.24, 2.45) is 4.99 Å². The molecule has 1 fully saturated rings. The molecule has 6 nitrogen and oxygen atoms in total. The molecule has 1 aliphatic rings. The zero-order valence-electron chi connectivity index (χ0n) is 16.0. The summed E-state index contributed by atoms with van der Waals surface area (Å²) in [4.78, 5) is 31.6. The van der Waals surface area contributed by atoms with E-state index < -0.39 is 6.10 Å². The van der Waals surface area contributed by atoms with Crippen LogP contribution in [-0.4, -0.2) is 35.3 Å². The number of fused-ring (bicyclic) bond motifs is 1. The number of nitrogens with zero attached hydrogens (tertiary/aromatic N) is 1. The molecular formula is C21H27N3O3. The first kappa shape index (κ1) is 19.1. The van der Waals surface area contributed by atoms with E-state index in [0.717, 1.165) is 42.1 Å². The number of benzene rings is 1. The van der Waals surface area contributed by atoms with Gasteiger partial charge in [0, 0.05) is 29.4 Å². The molecule has 1 aliphatic heterocycles. The second-order valence-electron chi connectivity index (χ2n) is 7.08.